The number of para-hydroxylation sites is 1. The van der Waals surface area contributed by atoms with Gasteiger partial charge >= 0.3 is 5.97 Å². The molecule has 0 N–H and O–H groups in total. The summed E-state index contributed by atoms with van der Waals surface area (Å²) in [6.45, 7) is 1.62. The fourth-order valence-electron chi connectivity index (χ4n) is 2.42. The van der Waals surface area contributed by atoms with Gasteiger partial charge in [0, 0.05) is 12.7 Å². The zero-order valence-electron chi connectivity index (χ0n) is 14.7. The van der Waals surface area contributed by atoms with Crippen LogP contribution in [0, 0.1) is 0 Å². The van der Waals surface area contributed by atoms with Crippen LogP contribution in [-0.2, 0) is 24.2 Å². The van der Waals surface area contributed by atoms with Gasteiger partial charge in [-0.25, -0.2) is 8.42 Å². The lowest BCUT2D eigenvalue weighted by molar-refractivity contribution is -0.143. The van der Waals surface area contributed by atoms with E-state index in [1.807, 2.05) is 6.07 Å². The van der Waals surface area contributed by atoms with Crippen LogP contribution in [0.4, 0.5) is 5.69 Å². The highest BCUT2D eigenvalue weighted by Gasteiger charge is 2.38. The zero-order chi connectivity index (χ0) is 19.2. The second-order valence-electron chi connectivity index (χ2n) is 5.59. The van der Waals surface area contributed by atoms with Gasteiger partial charge in [-0.2, -0.15) is 0 Å². The van der Waals surface area contributed by atoms with Gasteiger partial charge in [-0.3, -0.25) is 9.59 Å². The number of benzene rings is 2. The normalized spacial score (nSPS) is 12.2. The number of hydrogen-bond donors (Lipinski definition) is 0. The van der Waals surface area contributed by atoms with Gasteiger partial charge in [-0.15, -0.1) is 0 Å². The maximum Gasteiger partial charge on any atom is 0.325 e. The number of carbonyl (C=O) groups is 2. The van der Waals surface area contributed by atoms with Crippen LogP contribution >= 0.6 is 0 Å². The van der Waals surface area contributed by atoms with Crippen LogP contribution in [0.25, 0.3) is 0 Å². The molecule has 1 atom stereocenters. The summed E-state index contributed by atoms with van der Waals surface area (Å²) < 4.78 is 30.7. The standard InChI is InChI=1S/C19H21NO5S/c1-3-25-19(22)17(26(23,24)16-12-8-5-9-13-16)14-18(21)20(2)15-10-6-4-7-11-15/h4-13,17H,3,14H2,1-2H3. The maximum atomic E-state index is 12.9. The number of nitrogens with zero attached hydrogens (tertiary/aromatic N) is 1. The number of carbonyl (C=O) groups excluding carboxylic acids is 2. The summed E-state index contributed by atoms with van der Waals surface area (Å²) in [4.78, 5) is 26.2. The van der Waals surface area contributed by atoms with Crippen molar-refractivity contribution in [2.45, 2.75) is 23.5 Å². The number of anilines is 1. The van der Waals surface area contributed by atoms with E-state index in [4.69, 9.17) is 4.74 Å². The van der Waals surface area contributed by atoms with E-state index < -0.39 is 33.4 Å². The van der Waals surface area contributed by atoms with Crippen LogP contribution in [0.5, 0.6) is 0 Å². The number of esters is 1. The number of hydrogen-bond acceptors (Lipinski definition) is 5. The molecule has 7 heteroatoms. The highest BCUT2D eigenvalue weighted by atomic mass is 32.2. The molecule has 0 aliphatic heterocycles. The first kappa shape index (κ1) is 19.7. The molecular weight excluding hydrogens is 354 g/mol. The fourth-order valence-corrected chi connectivity index (χ4v) is 3.97. The van der Waals surface area contributed by atoms with E-state index in [0.717, 1.165) is 0 Å². The van der Waals surface area contributed by atoms with Crippen molar-refractivity contribution in [3.63, 3.8) is 0 Å². The van der Waals surface area contributed by atoms with Gasteiger partial charge in [0.05, 0.1) is 17.9 Å². The third-order valence-electron chi connectivity index (χ3n) is 3.87. The molecule has 0 spiro atoms. The van der Waals surface area contributed by atoms with E-state index in [1.54, 1.807) is 49.4 Å². The highest BCUT2D eigenvalue weighted by molar-refractivity contribution is 7.92. The molecule has 2 rings (SSSR count). The SMILES string of the molecule is CCOC(=O)C(CC(=O)N(C)c1ccccc1)S(=O)(=O)c1ccccc1. The second kappa shape index (κ2) is 8.62. The van der Waals surface area contributed by atoms with Crippen molar-refractivity contribution in [1.82, 2.24) is 0 Å². The lowest BCUT2D eigenvalue weighted by Crippen LogP contribution is -2.38. The molecule has 0 aliphatic rings. The van der Waals surface area contributed by atoms with Crippen molar-refractivity contribution in [2.75, 3.05) is 18.6 Å². The van der Waals surface area contributed by atoms with Gasteiger partial charge in [0.2, 0.25) is 5.91 Å². The molecule has 26 heavy (non-hydrogen) atoms. The summed E-state index contributed by atoms with van der Waals surface area (Å²) in [5.41, 5.74) is 0.609. The van der Waals surface area contributed by atoms with Crippen molar-refractivity contribution in [1.29, 1.82) is 0 Å². The molecule has 0 heterocycles. The average molecular weight is 375 g/mol. The molecule has 6 nitrogen and oxygen atoms in total. The average Bonchev–Trinajstić information content (AvgIpc) is 2.66. The molecule has 0 saturated carbocycles. The molecular formula is C19H21NO5S. The summed E-state index contributed by atoms with van der Waals surface area (Å²) in [6.07, 6.45) is -0.499. The third kappa shape index (κ3) is 4.49. The van der Waals surface area contributed by atoms with Crippen molar-refractivity contribution < 1.29 is 22.7 Å². The van der Waals surface area contributed by atoms with Gasteiger partial charge < -0.3 is 9.64 Å². The van der Waals surface area contributed by atoms with Crippen molar-refractivity contribution in [2.24, 2.45) is 0 Å². The van der Waals surface area contributed by atoms with Gasteiger partial charge in [0.1, 0.15) is 0 Å². The fraction of sp³-hybridized carbons (Fsp3) is 0.263. The number of sulfone groups is 1. The molecule has 0 radical (unpaired) electrons. The van der Waals surface area contributed by atoms with Crippen LogP contribution in [0.2, 0.25) is 0 Å². The van der Waals surface area contributed by atoms with Gasteiger partial charge in [-0.05, 0) is 31.2 Å². The first-order chi connectivity index (χ1) is 12.4. The number of rotatable bonds is 7. The number of amides is 1. The Bertz CT molecular complexity index is 850. The first-order valence-electron chi connectivity index (χ1n) is 8.15. The molecule has 138 valence electrons. The summed E-state index contributed by atoms with van der Waals surface area (Å²) in [5, 5.41) is -1.59. The quantitative estimate of drug-likeness (QED) is 0.695. The van der Waals surface area contributed by atoms with E-state index in [-0.39, 0.29) is 11.5 Å². The molecule has 2 aromatic rings. The predicted molar refractivity (Wildman–Crippen MR) is 98.5 cm³/mol. The highest BCUT2D eigenvalue weighted by Crippen LogP contribution is 2.22. The monoisotopic (exact) mass is 375 g/mol. The third-order valence-corrected chi connectivity index (χ3v) is 5.91. The second-order valence-corrected chi connectivity index (χ2v) is 7.72. The van der Waals surface area contributed by atoms with Crippen LogP contribution in [0.1, 0.15) is 13.3 Å². The largest absolute Gasteiger partial charge is 0.465 e. The summed E-state index contributed by atoms with van der Waals surface area (Å²) in [7, 11) is -2.52. The van der Waals surface area contributed by atoms with Crippen LogP contribution < -0.4 is 4.90 Å². The summed E-state index contributed by atoms with van der Waals surface area (Å²) in [6, 6.07) is 16.4. The Balaban J connectivity index is 2.31. The number of ether oxygens (including phenoxy) is 1. The lowest BCUT2D eigenvalue weighted by Gasteiger charge is -2.21. The Hall–Kier alpha value is -2.67. The Morgan fingerprint density at radius 3 is 2.08 bits per heavy atom. The van der Waals surface area contributed by atoms with E-state index in [9.17, 15) is 18.0 Å². The van der Waals surface area contributed by atoms with Gasteiger partial charge in [-0.1, -0.05) is 36.4 Å². The minimum absolute atomic E-state index is 0.0202. The van der Waals surface area contributed by atoms with Crippen molar-refractivity contribution in [3.8, 4) is 0 Å². The Kier molecular flexibility index (Phi) is 6.52. The predicted octanol–water partition coefficient (Wildman–Crippen LogP) is 2.45. The maximum absolute atomic E-state index is 12.9. The first-order valence-corrected chi connectivity index (χ1v) is 9.69. The lowest BCUT2D eigenvalue weighted by atomic mass is 10.2. The van der Waals surface area contributed by atoms with E-state index in [2.05, 4.69) is 0 Å². The van der Waals surface area contributed by atoms with Crippen molar-refractivity contribution >= 4 is 27.4 Å². The topological polar surface area (TPSA) is 80.8 Å². The molecule has 2 aromatic carbocycles. The molecule has 0 aliphatic carbocycles. The molecule has 0 fully saturated rings. The smallest absolute Gasteiger partial charge is 0.325 e. The summed E-state index contributed by atoms with van der Waals surface area (Å²) in [5.74, 6) is -1.42. The van der Waals surface area contributed by atoms with Crippen LogP contribution in [0.3, 0.4) is 0 Å². The summed E-state index contributed by atoms with van der Waals surface area (Å²) >= 11 is 0. The zero-order valence-corrected chi connectivity index (χ0v) is 15.5. The molecule has 0 bridgehead atoms. The molecule has 0 aromatic heterocycles. The Labute approximate surface area is 153 Å². The Morgan fingerprint density at radius 1 is 1.00 bits per heavy atom. The van der Waals surface area contributed by atoms with Crippen LogP contribution in [-0.4, -0.2) is 39.2 Å². The minimum Gasteiger partial charge on any atom is -0.465 e. The Morgan fingerprint density at radius 2 is 1.54 bits per heavy atom. The minimum atomic E-state index is -4.06. The molecule has 1 unspecified atom stereocenters. The van der Waals surface area contributed by atoms with E-state index >= 15 is 0 Å². The van der Waals surface area contributed by atoms with E-state index in [1.165, 1.54) is 24.1 Å². The molecule has 1 amide bonds. The van der Waals surface area contributed by atoms with Gasteiger partial charge in [0.25, 0.3) is 0 Å². The van der Waals surface area contributed by atoms with Crippen molar-refractivity contribution in [3.05, 3.63) is 60.7 Å². The molecule has 0 saturated heterocycles. The van der Waals surface area contributed by atoms with Crippen LogP contribution in [0.15, 0.2) is 65.6 Å². The van der Waals surface area contributed by atoms with E-state index in [0.29, 0.717) is 5.69 Å². The van der Waals surface area contributed by atoms with Gasteiger partial charge in [0.15, 0.2) is 15.1 Å².